The summed E-state index contributed by atoms with van der Waals surface area (Å²) in [5.41, 5.74) is 3.46. The van der Waals surface area contributed by atoms with Gasteiger partial charge in [-0.05, 0) is 41.2 Å². The highest BCUT2D eigenvalue weighted by Crippen LogP contribution is 2.25. The molecule has 0 amide bonds. The number of halogens is 1. The van der Waals surface area contributed by atoms with Crippen molar-refractivity contribution in [3.8, 4) is 0 Å². The summed E-state index contributed by atoms with van der Waals surface area (Å²) in [6, 6.07) is 16.2. The second-order valence-corrected chi connectivity index (χ2v) is 7.86. The standard InChI is InChI=1S/C21H23ClN4S/c1-14(2)12-16-4-8-18(9-5-16)15(3)20-24-25-21(27)26(20)23-13-17-6-10-19(22)11-7-17/h4-11,13-15H,12H2,1-3H3,(H,25,27)/b23-13+. The predicted molar refractivity (Wildman–Crippen MR) is 114 cm³/mol. The van der Waals surface area contributed by atoms with Crippen molar-refractivity contribution in [2.45, 2.75) is 38.3 Å². The Kier molecular flexibility index (Phi) is 6.34. The van der Waals surface area contributed by atoms with E-state index in [1.807, 2.05) is 24.3 Å². The van der Waals surface area contributed by atoms with Crippen LogP contribution in [0.2, 0.25) is 5.02 Å². The van der Waals surface area contributed by atoms with Crippen molar-refractivity contribution in [3.63, 3.8) is 0 Å². The van der Waals surface area contributed by atoms with E-state index >= 15 is 0 Å². The SMILES string of the molecule is CC(C)Cc1ccc(C(C)c2nnc(S)n2/N=C/c2ccc(Cl)cc2)cc1. The van der Waals surface area contributed by atoms with Gasteiger partial charge in [-0.25, -0.2) is 0 Å². The smallest absolute Gasteiger partial charge is 0.191 e. The molecule has 0 saturated carbocycles. The van der Waals surface area contributed by atoms with Crippen LogP contribution in [-0.4, -0.2) is 21.1 Å². The summed E-state index contributed by atoms with van der Waals surface area (Å²) in [4.78, 5) is 0. The minimum atomic E-state index is 0.0499. The molecule has 0 aliphatic heterocycles. The first-order valence-electron chi connectivity index (χ1n) is 8.97. The van der Waals surface area contributed by atoms with Gasteiger partial charge in [0.2, 0.25) is 5.16 Å². The molecule has 1 heterocycles. The first-order valence-corrected chi connectivity index (χ1v) is 9.79. The Labute approximate surface area is 170 Å². The van der Waals surface area contributed by atoms with E-state index in [1.54, 1.807) is 10.9 Å². The van der Waals surface area contributed by atoms with Crippen LogP contribution in [-0.2, 0) is 6.42 Å². The van der Waals surface area contributed by atoms with E-state index < -0.39 is 0 Å². The van der Waals surface area contributed by atoms with E-state index in [-0.39, 0.29) is 5.92 Å². The van der Waals surface area contributed by atoms with Gasteiger partial charge in [0.25, 0.3) is 0 Å². The zero-order valence-corrected chi connectivity index (χ0v) is 17.3. The maximum atomic E-state index is 5.93. The maximum Gasteiger partial charge on any atom is 0.208 e. The number of hydrogen-bond acceptors (Lipinski definition) is 4. The molecule has 0 spiro atoms. The Bertz CT molecular complexity index is 914. The third kappa shape index (κ3) is 4.99. The highest BCUT2D eigenvalue weighted by atomic mass is 35.5. The third-order valence-electron chi connectivity index (χ3n) is 4.35. The summed E-state index contributed by atoms with van der Waals surface area (Å²) < 4.78 is 1.67. The van der Waals surface area contributed by atoms with Crippen molar-refractivity contribution in [2.24, 2.45) is 11.0 Å². The molecule has 4 nitrogen and oxygen atoms in total. The summed E-state index contributed by atoms with van der Waals surface area (Å²) >= 11 is 10.3. The van der Waals surface area contributed by atoms with Crippen LogP contribution < -0.4 is 0 Å². The van der Waals surface area contributed by atoms with Crippen LogP contribution in [0.25, 0.3) is 0 Å². The fourth-order valence-corrected chi connectivity index (χ4v) is 3.22. The molecule has 0 bridgehead atoms. The second-order valence-electron chi connectivity index (χ2n) is 7.03. The summed E-state index contributed by atoms with van der Waals surface area (Å²) in [6.07, 6.45) is 2.83. The number of rotatable bonds is 6. The summed E-state index contributed by atoms with van der Waals surface area (Å²) in [5.74, 6) is 1.45. The Hall–Kier alpha value is -2.11. The topological polar surface area (TPSA) is 43.1 Å². The van der Waals surface area contributed by atoms with Crippen molar-refractivity contribution in [1.82, 2.24) is 14.9 Å². The summed E-state index contributed by atoms with van der Waals surface area (Å²) in [5, 5.41) is 14.0. The van der Waals surface area contributed by atoms with E-state index in [4.69, 9.17) is 11.6 Å². The van der Waals surface area contributed by atoms with Crippen LogP contribution in [0.5, 0.6) is 0 Å². The van der Waals surface area contributed by atoms with Gasteiger partial charge in [0.1, 0.15) is 0 Å². The maximum absolute atomic E-state index is 5.93. The molecule has 3 aromatic rings. The number of nitrogens with zero attached hydrogens (tertiary/aromatic N) is 4. The van der Waals surface area contributed by atoms with E-state index in [0.29, 0.717) is 16.1 Å². The van der Waals surface area contributed by atoms with E-state index in [9.17, 15) is 0 Å². The lowest BCUT2D eigenvalue weighted by Crippen LogP contribution is -2.06. The number of aromatic nitrogens is 3. The molecule has 1 atom stereocenters. The minimum Gasteiger partial charge on any atom is -0.191 e. The second kappa shape index (κ2) is 8.72. The van der Waals surface area contributed by atoms with E-state index in [1.165, 1.54) is 11.1 Å². The molecule has 0 N–H and O–H groups in total. The van der Waals surface area contributed by atoms with Gasteiger partial charge in [0.05, 0.1) is 6.21 Å². The molecule has 1 unspecified atom stereocenters. The van der Waals surface area contributed by atoms with Gasteiger partial charge in [-0.15, -0.1) is 22.8 Å². The van der Waals surface area contributed by atoms with E-state index in [2.05, 4.69) is 73.0 Å². The van der Waals surface area contributed by atoms with Crippen LogP contribution >= 0.6 is 24.2 Å². The van der Waals surface area contributed by atoms with Gasteiger partial charge in [0.15, 0.2) is 5.82 Å². The summed E-state index contributed by atoms with van der Waals surface area (Å²) in [6.45, 7) is 6.56. The van der Waals surface area contributed by atoms with Crippen molar-refractivity contribution < 1.29 is 0 Å². The van der Waals surface area contributed by atoms with Gasteiger partial charge in [0, 0.05) is 10.9 Å². The lowest BCUT2D eigenvalue weighted by Gasteiger charge is -2.12. The normalized spacial score (nSPS) is 12.8. The Morgan fingerprint density at radius 1 is 1.04 bits per heavy atom. The quantitative estimate of drug-likeness (QED) is 0.443. The average Bonchev–Trinajstić information content (AvgIpc) is 3.01. The fourth-order valence-electron chi connectivity index (χ4n) is 2.90. The van der Waals surface area contributed by atoms with Crippen LogP contribution in [0.15, 0.2) is 58.8 Å². The van der Waals surface area contributed by atoms with Crippen LogP contribution in [0.3, 0.4) is 0 Å². The molecule has 27 heavy (non-hydrogen) atoms. The minimum absolute atomic E-state index is 0.0499. The van der Waals surface area contributed by atoms with Crippen molar-refractivity contribution >= 4 is 30.4 Å². The zero-order chi connectivity index (χ0) is 19.4. The Morgan fingerprint density at radius 2 is 1.70 bits per heavy atom. The van der Waals surface area contributed by atoms with Gasteiger partial charge >= 0.3 is 0 Å². The molecule has 0 aliphatic rings. The lowest BCUT2D eigenvalue weighted by atomic mass is 9.96. The monoisotopic (exact) mass is 398 g/mol. The van der Waals surface area contributed by atoms with Crippen LogP contribution in [0.4, 0.5) is 0 Å². The molecular weight excluding hydrogens is 376 g/mol. The Balaban J connectivity index is 1.83. The molecule has 0 radical (unpaired) electrons. The molecular formula is C21H23ClN4S. The van der Waals surface area contributed by atoms with Gasteiger partial charge in [-0.2, -0.15) is 9.78 Å². The van der Waals surface area contributed by atoms with Crippen LogP contribution in [0, 0.1) is 5.92 Å². The van der Waals surface area contributed by atoms with Crippen molar-refractivity contribution in [1.29, 1.82) is 0 Å². The van der Waals surface area contributed by atoms with Crippen molar-refractivity contribution in [3.05, 3.63) is 76.1 Å². The lowest BCUT2D eigenvalue weighted by molar-refractivity contribution is 0.646. The molecule has 0 fully saturated rings. The molecule has 0 saturated heterocycles. The fraction of sp³-hybridized carbons (Fsp3) is 0.286. The number of hydrogen-bond donors (Lipinski definition) is 1. The van der Waals surface area contributed by atoms with Crippen molar-refractivity contribution in [2.75, 3.05) is 0 Å². The zero-order valence-electron chi connectivity index (χ0n) is 15.7. The molecule has 140 valence electrons. The van der Waals surface area contributed by atoms with E-state index in [0.717, 1.165) is 17.8 Å². The van der Waals surface area contributed by atoms with Gasteiger partial charge in [-0.1, -0.05) is 68.8 Å². The molecule has 6 heteroatoms. The van der Waals surface area contributed by atoms with Gasteiger partial charge in [-0.3, -0.25) is 0 Å². The molecule has 3 rings (SSSR count). The first-order chi connectivity index (χ1) is 12.9. The van der Waals surface area contributed by atoms with Crippen LogP contribution in [0.1, 0.15) is 49.2 Å². The number of benzene rings is 2. The summed E-state index contributed by atoms with van der Waals surface area (Å²) in [7, 11) is 0. The molecule has 0 aliphatic carbocycles. The Morgan fingerprint density at radius 3 is 2.33 bits per heavy atom. The first kappa shape index (κ1) is 19.6. The largest absolute Gasteiger partial charge is 0.208 e. The highest BCUT2D eigenvalue weighted by Gasteiger charge is 2.18. The highest BCUT2D eigenvalue weighted by molar-refractivity contribution is 7.80. The predicted octanol–water partition coefficient (Wildman–Crippen LogP) is 5.45. The molecule has 2 aromatic carbocycles. The molecule has 1 aromatic heterocycles. The number of thiol groups is 1. The van der Waals surface area contributed by atoms with Gasteiger partial charge < -0.3 is 0 Å². The third-order valence-corrected chi connectivity index (χ3v) is 4.88. The average molecular weight is 399 g/mol.